The first-order valence-corrected chi connectivity index (χ1v) is 8.35. The van der Waals surface area contributed by atoms with Gasteiger partial charge >= 0.3 is 0 Å². The zero-order chi connectivity index (χ0) is 16.3. The van der Waals surface area contributed by atoms with Crippen LogP contribution in [0.5, 0.6) is 0 Å². The first kappa shape index (κ1) is 16.9. The summed E-state index contributed by atoms with van der Waals surface area (Å²) >= 11 is 7.51. The standard InChI is InChI=1S/C16H20ClN3OS/c1-9(8-18)15(21)19-10(2)16-20-14(11(3)22-16)12-4-6-13(17)7-5-12/h4-7,9-10H,8,18H2,1-3H3,(H,19,21). The summed E-state index contributed by atoms with van der Waals surface area (Å²) in [4.78, 5) is 17.7. The first-order valence-electron chi connectivity index (χ1n) is 7.16. The Kier molecular flexibility index (Phi) is 5.56. The van der Waals surface area contributed by atoms with Crippen molar-refractivity contribution in [2.45, 2.75) is 26.8 Å². The van der Waals surface area contributed by atoms with E-state index < -0.39 is 0 Å². The molecule has 0 radical (unpaired) electrons. The maximum absolute atomic E-state index is 11.9. The van der Waals surface area contributed by atoms with E-state index in [1.165, 1.54) is 0 Å². The molecule has 0 bridgehead atoms. The Morgan fingerprint density at radius 3 is 2.59 bits per heavy atom. The van der Waals surface area contributed by atoms with Gasteiger partial charge in [-0.15, -0.1) is 11.3 Å². The van der Waals surface area contributed by atoms with Gasteiger partial charge in [0.05, 0.1) is 11.7 Å². The van der Waals surface area contributed by atoms with Gasteiger partial charge in [-0.25, -0.2) is 4.98 Å². The molecule has 0 aliphatic rings. The van der Waals surface area contributed by atoms with E-state index in [-0.39, 0.29) is 17.9 Å². The number of nitrogens with one attached hydrogen (secondary N) is 1. The highest BCUT2D eigenvalue weighted by atomic mass is 35.5. The van der Waals surface area contributed by atoms with Crippen LogP contribution in [-0.2, 0) is 4.79 Å². The molecule has 0 saturated heterocycles. The molecule has 0 saturated carbocycles. The summed E-state index contributed by atoms with van der Waals surface area (Å²) in [6, 6.07) is 7.47. The lowest BCUT2D eigenvalue weighted by atomic mass is 10.1. The number of halogens is 1. The van der Waals surface area contributed by atoms with Crippen LogP contribution in [0.25, 0.3) is 11.3 Å². The maximum Gasteiger partial charge on any atom is 0.224 e. The minimum Gasteiger partial charge on any atom is -0.347 e. The molecule has 6 heteroatoms. The van der Waals surface area contributed by atoms with E-state index in [0.717, 1.165) is 21.1 Å². The lowest BCUT2D eigenvalue weighted by molar-refractivity contribution is -0.124. The highest BCUT2D eigenvalue weighted by molar-refractivity contribution is 7.12. The molecule has 0 spiro atoms. The van der Waals surface area contributed by atoms with Crippen molar-refractivity contribution < 1.29 is 4.79 Å². The molecule has 2 aromatic rings. The van der Waals surface area contributed by atoms with Crippen LogP contribution in [0.2, 0.25) is 5.02 Å². The fraction of sp³-hybridized carbons (Fsp3) is 0.375. The summed E-state index contributed by atoms with van der Waals surface area (Å²) in [6.45, 7) is 6.12. The van der Waals surface area contributed by atoms with Crippen molar-refractivity contribution >= 4 is 28.8 Å². The van der Waals surface area contributed by atoms with Crippen molar-refractivity contribution in [2.75, 3.05) is 6.54 Å². The molecule has 2 atom stereocenters. The van der Waals surface area contributed by atoms with E-state index in [1.807, 2.05) is 45.0 Å². The van der Waals surface area contributed by atoms with Gasteiger partial charge in [-0.1, -0.05) is 30.7 Å². The number of thiazole rings is 1. The molecule has 2 rings (SSSR count). The fourth-order valence-corrected chi connectivity index (χ4v) is 3.07. The van der Waals surface area contributed by atoms with Gasteiger partial charge in [-0.3, -0.25) is 4.79 Å². The number of hydrogen-bond acceptors (Lipinski definition) is 4. The summed E-state index contributed by atoms with van der Waals surface area (Å²) in [6.07, 6.45) is 0. The number of aryl methyl sites for hydroxylation is 1. The van der Waals surface area contributed by atoms with E-state index >= 15 is 0 Å². The van der Waals surface area contributed by atoms with E-state index in [2.05, 4.69) is 10.3 Å². The molecule has 0 fully saturated rings. The number of rotatable bonds is 5. The minimum atomic E-state index is -0.195. The van der Waals surface area contributed by atoms with Gasteiger partial charge in [0.25, 0.3) is 0 Å². The zero-order valence-corrected chi connectivity index (χ0v) is 14.5. The molecule has 22 heavy (non-hydrogen) atoms. The summed E-state index contributed by atoms with van der Waals surface area (Å²) in [5.41, 5.74) is 7.48. The monoisotopic (exact) mass is 337 g/mol. The van der Waals surface area contributed by atoms with Gasteiger partial charge in [-0.2, -0.15) is 0 Å². The Bertz CT molecular complexity index is 654. The predicted octanol–water partition coefficient (Wildman–Crippen LogP) is 3.54. The third-order valence-corrected chi connectivity index (χ3v) is 4.87. The van der Waals surface area contributed by atoms with Crippen molar-refractivity contribution in [3.8, 4) is 11.3 Å². The molecule has 1 aromatic heterocycles. The number of nitrogens with two attached hydrogens (primary N) is 1. The van der Waals surface area contributed by atoms with E-state index in [9.17, 15) is 4.79 Å². The van der Waals surface area contributed by atoms with Gasteiger partial charge in [0.1, 0.15) is 5.01 Å². The summed E-state index contributed by atoms with van der Waals surface area (Å²) in [7, 11) is 0. The number of amides is 1. The SMILES string of the molecule is Cc1sc(C(C)NC(=O)C(C)CN)nc1-c1ccc(Cl)cc1. The van der Waals surface area contributed by atoms with Crippen LogP contribution >= 0.6 is 22.9 Å². The van der Waals surface area contributed by atoms with Crippen molar-refractivity contribution in [2.24, 2.45) is 11.7 Å². The van der Waals surface area contributed by atoms with Crippen LogP contribution in [0.1, 0.15) is 29.8 Å². The second kappa shape index (κ2) is 7.22. The molecule has 118 valence electrons. The molecule has 2 unspecified atom stereocenters. The third-order valence-electron chi connectivity index (χ3n) is 3.46. The quantitative estimate of drug-likeness (QED) is 0.876. The highest BCUT2D eigenvalue weighted by Crippen LogP contribution is 2.31. The average molecular weight is 338 g/mol. The number of hydrogen-bond donors (Lipinski definition) is 2. The number of aromatic nitrogens is 1. The maximum atomic E-state index is 11.9. The highest BCUT2D eigenvalue weighted by Gasteiger charge is 2.19. The first-order chi connectivity index (χ1) is 10.4. The van der Waals surface area contributed by atoms with Crippen LogP contribution < -0.4 is 11.1 Å². The summed E-state index contributed by atoms with van der Waals surface area (Å²) < 4.78 is 0. The minimum absolute atomic E-state index is 0.0455. The van der Waals surface area contributed by atoms with Crippen molar-refractivity contribution in [3.05, 3.63) is 39.2 Å². The van der Waals surface area contributed by atoms with Crippen molar-refractivity contribution in [1.82, 2.24) is 10.3 Å². The van der Waals surface area contributed by atoms with Crippen molar-refractivity contribution in [1.29, 1.82) is 0 Å². The Labute approximate surface area is 139 Å². The summed E-state index contributed by atoms with van der Waals surface area (Å²) in [5, 5.41) is 4.55. The van der Waals surface area contributed by atoms with Gasteiger partial charge in [-0.05, 0) is 26.0 Å². The lowest BCUT2D eigenvalue weighted by Gasteiger charge is -2.14. The van der Waals surface area contributed by atoms with Crippen LogP contribution in [0.15, 0.2) is 24.3 Å². The van der Waals surface area contributed by atoms with Gasteiger partial charge in [0, 0.05) is 27.9 Å². The lowest BCUT2D eigenvalue weighted by Crippen LogP contribution is -2.34. The van der Waals surface area contributed by atoms with Crippen LogP contribution in [0.4, 0.5) is 0 Å². The molecule has 1 aromatic carbocycles. The second-order valence-electron chi connectivity index (χ2n) is 5.33. The number of benzene rings is 1. The van der Waals surface area contributed by atoms with E-state index in [0.29, 0.717) is 11.6 Å². The Balaban J connectivity index is 2.18. The van der Waals surface area contributed by atoms with Crippen molar-refractivity contribution in [3.63, 3.8) is 0 Å². The molecule has 4 nitrogen and oxygen atoms in total. The molecule has 0 aliphatic heterocycles. The zero-order valence-electron chi connectivity index (χ0n) is 12.9. The Morgan fingerprint density at radius 1 is 1.36 bits per heavy atom. The van der Waals surface area contributed by atoms with Gasteiger partial charge in [0.15, 0.2) is 0 Å². The van der Waals surface area contributed by atoms with Crippen LogP contribution in [0, 0.1) is 12.8 Å². The number of nitrogens with zero attached hydrogens (tertiary/aromatic N) is 1. The second-order valence-corrected chi connectivity index (χ2v) is 7.00. The average Bonchev–Trinajstić information content (AvgIpc) is 2.89. The Morgan fingerprint density at radius 2 is 2.00 bits per heavy atom. The Hall–Kier alpha value is -1.43. The third kappa shape index (κ3) is 3.85. The molecular formula is C16H20ClN3OS. The van der Waals surface area contributed by atoms with Gasteiger partial charge < -0.3 is 11.1 Å². The van der Waals surface area contributed by atoms with Gasteiger partial charge in [0.2, 0.25) is 5.91 Å². The molecule has 3 N–H and O–H groups in total. The van der Waals surface area contributed by atoms with E-state index in [1.54, 1.807) is 11.3 Å². The molecule has 0 aliphatic carbocycles. The fourth-order valence-electron chi connectivity index (χ4n) is 2.00. The molecule has 1 heterocycles. The summed E-state index contributed by atoms with van der Waals surface area (Å²) in [5.74, 6) is -0.241. The normalized spacial score (nSPS) is 13.7. The predicted molar refractivity (Wildman–Crippen MR) is 92.1 cm³/mol. The largest absolute Gasteiger partial charge is 0.347 e. The molecular weight excluding hydrogens is 318 g/mol. The van der Waals surface area contributed by atoms with Crippen LogP contribution in [-0.4, -0.2) is 17.4 Å². The van der Waals surface area contributed by atoms with E-state index in [4.69, 9.17) is 17.3 Å². The molecule has 1 amide bonds. The smallest absolute Gasteiger partial charge is 0.224 e. The van der Waals surface area contributed by atoms with Crippen LogP contribution in [0.3, 0.4) is 0 Å². The number of carbonyl (C=O) groups excluding carboxylic acids is 1. The number of carbonyl (C=O) groups is 1. The topological polar surface area (TPSA) is 68.0 Å².